The second-order valence-electron chi connectivity index (χ2n) is 7.76. The van der Waals surface area contributed by atoms with Crippen LogP contribution in [0.3, 0.4) is 0 Å². The van der Waals surface area contributed by atoms with Gasteiger partial charge in [0.25, 0.3) is 0 Å². The van der Waals surface area contributed by atoms with Crippen molar-refractivity contribution in [3.8, 4) is 0 Å². The first-order valence-corrected chi connectivity index (χ1v) is 9.80. The Hall–Kier alpha value is -1.50. The number of guanidine groups is 1. The predicted molar refractivity (Wildman–Crippen MR) is 106 cm³/mol. The van der Waals surface area contributed by atoms with Gasteiger partial charge < -0.3 is 24.6 Å². The van der Waals surface area contributed by atoms with E-state index in [1.807, 2.05) is 20.8 Å². The van der Waals surface area contributed by atoms with Crippen LogP contribution in [0.4, 0.5) is 4.79 Å². The lowest BCUT2D eigenvalue weighted by Crippen LogP contribution is -2.42. The third-order valence-electron chi connectivity index (χ3n) is 4.10. The van der Waals surface area contributed by atoms with Gasteiger partial charge in [-0.2, -0.15) is 0 Å². The van der Waals surface area contributed by atoms with Crippen molar-refractivity contribution in [2.75, 3.05) is 53.0 Å². The van der Waals surface area contributed by atoms with Crippen molar-refractivity contribution < 1.29 is 14.3 Å². The van der Waals surface area contributed by atoms with E-state index in [1.165, 1.54) is 0 Å². The molecule has 1 saturated heterocycles. The highest BCUT2D eigenvalue weighted by atomic mass is 16.6. The number of aliphatic imine (C=N–C) groups is 1. The van der Waals surface area contributed by atoms with Crippen LogP contribution < -0.4 is 5.32 Å². The Bertz CT molecular complexity index is 449. The molecule has 1 unspecified atom stereocenters. The number of nitrogens with one attached hydrogen (secondary N) is 1. The quantitative estimate of drug-likeness (QED) is 0.525. The highest BCUT2D eigenvalue weighted by Crippen LogP contribution is 2.16. The zero-order chi connectivity index (χ0) is 19.6. The molecule has 7 nitrogen and oxygen atoms in total. The predicted octanol–water partition coefficient (Wildman–Crippen LogP) is 2.57. The molecule has 1 rings (SSSR count). The summed E-state index contributed by atoms with van der Waals surface area (Å²) in [5.41, 5.74) is -0.479. The minimum atomic E-state index is -0.479. The van der Waals surface area contributed by atoms with Crippen LogP contribution in [0.15, 0.2) is 4.99 Å². The first kappa shape index (κ1) is 22.5. The van der Waals surface area contributed by atoms with Gasteiger partial charge in [0.1, 0.15) is 5.60 Å². The third kappa shape index (κ3) is 8.25. The van der Waals surface area contributed by atoms with E-state index >= 15 is 0 Å². The molecule has 0 radical (unpaired) electrons. The van der Waals surface area contributed by atoms with Crippen molar-refractivity contribution >= 4 is 12.1 Å². The fourth-order valence-corrected chi connectivity index (χ4v) is 2.99. The summed E-state index contributed by atoms with van der Waals surface area (Å²) >= 11 is 0. The molecule has 1 aliphatic heterocycles. The smallest absolute Gasteiger partial charge is 0.410 e. The number of hydrogen-bond donors (Lipinski definition) is 1. The molecule has 1 N–H and O–H groups in total. The Morgan fingerprint density at radius 2 is 2.04 bits per heavy atom. The van der Waals surface area contributed by atoms with Crippen LogP contribution in [0.25, 0.3) is 0 Å². The maximum Gasteiger partial charge on any atom is 0.410 e. The van der Waals surface area contributed by atoms with E-state index in [9.17, 15) is 4.79 Å². The molecular weight excluding hydrogens is 332 g/mol. The van der Waals surface area contributed by atoms with Crippen LogP contribution in [0, 0.1) is 5.92 Å². The SMILES string of the molecule is CCCN(CCN=C(NCC)N1CCC(COC)C1)C(=O)OC(C)(C)C. The van der Waals surface area contributed by atoms with Crippen LogP contribution in [-0.2, 0) is 9.47 Å². The van der Waals surface area contributed by atoms with E-state index in [0.717, 1.165) is 45.0 Å². The number of amides is 1. The molecule has 26 heavy (non-hydrogen) atoms. The van der Waals surface area contributed by atoms with Gasteiger partial charge in [0.2, 0.25) is 0 Å². The molecule has 0 aromatic rings. The summed E-state index contributed by atoms with van der Waals surface area (Å²) in [6.07, 6.45) is 1.76. The Balaban J connectivity index is 2.62. The van der Waals surface area contributed by atoms with Gasteiger partial charge in [0.15, 0.2) is 5.96 Å². The van der Waals surface area contributed by atoms with Gasteiger partial charge in [-0.05, 0) is 40.5 Å². The number of nitrogens with zero attached hydrogens (tertiary/aromatic N) is 3. The highest BCUT2D eigenvalue weighted by Gasteiger charge is 2.25. The molecule has 0 bridgehead atoms. The molecular formula is C19H38N4O3. The second kappa shape index (κ2) is 11.3. The van der Waals surface area contributed by atoms with Gasteiger partial charge in [-0.15, -0.1) is 0 Å². The van der Waals surface area contributed by atoms with E-state index in [4.69, 9.17) is 14.5 Å². The number of hydrogen-bond acceptors (Lipinski definition) is 4. The number of likely N-dealkylation sites (tertiary alicyclic amines) is 1. The molecule has 1 amide bonds. The van der Waals surface area contributed by atoms with E-state index in [0.29, 0.717) is 25.6 Å². The largest absolute Gasteiger partial charge is 0.444 e. The topological polar surface area (TPSA) is 66.4 Å². The Morgan fingerprint density at radius 1 is 1.31 bits per heavy atom. The van der Waals surface area contributed by atoms with Crippen LogP contribution in [0.2, 0.25) is 0 Å². The second-order valence-corrected chi connectivity index (χ2v) is 7.76. The number of rotatable bonds is 8. The van der Waals surface area contributed by atoms with Crippen molar-refractivity contribution in [3.63, 3.8) is 0 Å². The summed E-state index contributed by atoms with van der Waals surface area (Å²) < 4.78 is 10.8. The fraction of sp³-hybridized carbons (Fsp3) is 0.895. The van der Waals surface area contributed by atoms with E-state index < -0.39 is 5.60 Å². The number of ether oxygens (including phenoxy) is 2. The van der Waals surface area contributed by atoms with Crippen LogP contribution in [-0.4, -0.2) is 80.4 Å². The van der Waals surface area contributed by atoms with Crippen molar-refractivity contribution in [2.24, 2.45) is 10.9 Å². The van der Waals surface area contributed by atoms with Gasteiger partial charge >= 0.3 is 6.09 Å². The van der Waals surface area contributed by atoms with E-state index in [2.05, 4.69) is 24.1 Å². The average molecular weight is 371 g/mol. The maximum atomic E-state index is 12.3. The lowest BCUT2D eigenvalue weighted by molar-refractivity contribution is 0.0256. The number of methoxy groups -OCH3 is 1. The summed E-state index contributed by atoms with van der Waals surface area (Å²) in [6.45, 7) is 15.2. The van der Waals surface area contributed by atoms with Gasteiger partial charge in [0.05, 0.1) is 13.2 Å². The number of carbonyl (C=O) groups is 1. The van der Waals surface area contributed by atoms with Gasteiger partial charge in [-0.25, -0.2) is 4.79 Å². The summed E-state index contributed by atoms with van der Waals surface area (Å²) in [4.78, 5) is 21.1. The van der Waals surface area contributed by atoms with E-state index in [1.54, 1.807) is 12.0 Å². The fourth-order valence-electron chi connectivity index (χ4n) is 2.99. The Morgan fingerprint density at radius 3 is 2.62 bits per heavy atom. The van der Waals surface area contributed by atoms with Crippen molar-refractivity contribution in [2.45, 2.75) is 53.1 Å². The van der Waals surface area contributed by atoms with E-state index in [-0.39, 0.29) is 6.09 Å². The molecule has 0 aromatic carbocycles. The molecule has 152 valence electrons. The summed E-state index contributed by atoms with van der Waals surface area (Å²) in [7, 11) is 1.75. The highest BCUT2D eigenvalue weighted by molar-refractivity contribution is 5.80. The van der Waals surface area contributed by atoms with Crippen molar-refractivity contribution in [1.82, 2.24) is 15.1 Å². The third-order valence-corrected chi connectivity index (χ3v) is 4.10. The molecule has 1 fully saturated rings. The average Bonchev–Trinajstić information content (AvgIpc) is 3.00. The number of carbonyl (C=O) groups excluding carboxylic acids is 1. The minimum Gasteiger partial charge on any atom is -0.444 e. The summed E-state index contributed by atoms with van der Waals surface area (Å²) in [6, 6.07) is 0. The monoisotopic (exact) mass is 370 g/mol. The van der Waals surface area contributed by atoms with Crippen molar-refractivity contribution in [1.29, 1.82) is 0 Å². The molecule has 0 aromatic heterocycles. The molecule has 0 aliphatic carbocycles. The van der Waals surface area contributed by atoms with Gasteiger partial charge in [-0.1, -0.05) is 6.92 Å². The van der Waals surface area contributed by atoms with Crippen LogP contribution in [0.5, 0.6) is 0 Å². The lowest BCUT2D eigenvalue weighted by atomic mass is 10.1. The molecule has 0 spiro atoms. The zero-order valence-corrected chi connectivity index (χ0v) is 17.5. The lowest BCUT2D eigenvalue weighted by Gasteiger charge is -2.27. The maximum absolute atomic E-state index is 12.3. The molecule has 7 heteroatoms. The summed E-state index contributed by atoms with van der Waals surface area (Å²) in [5.74, 6) is 1.48. The normalized spacial score (nSPS) is 18.2. The molecule has 1 atom stereocenters. The summed E-state index contributed by atoms with van der Waals surface area (Å²) in [5, 5.41) is 3.36. The van der Waals surface area contributed by atoms with Crippen molar-refractivity contribution in [3.05, 3.63) is 0 Å². The first-order chi connectivity index (χ1) is 12.3. The standard InChI is InChI=1S/C19H38N4O3/c1-7-11-22(18(24)26-19(3,4)5)13-10-21-17(20-8-2)23-12-9-16(14-23)15-25-6/h16H,7-15H2,1-6H3,(H,20,21). The Kier molecular flexibility index (Phi) is 9.76. The zero-order valence-electron chi connectivity index (χ0n) is 17.5. The Labute approximate surface area is 159 Å². The minimum absolute atomic E-state index is 0.263. The van der Waals surface area contributed by atoms with Crippen LogP contribution in [0.1, 0.15) is 47.5 Å². The molecule has 0 saturated carbocycles. The van der Waals surface area contributed by atoms with Crippen LogP contribution >= 0.6 is 0 Å². The van der Waals surface area contributed by atoms with Gasteiger partial charge in [-0.3, -0.25) is 4.99 Å². The first-order valence-electron chi connectivity index (χ1n) is 9.80. The van der Waals surface area contributed by atoms with Gasteiger partial charge in [0, 0.05) is 45.8 Å². The molecule has 1 aliphatic rings. The molecule has 1 heterocycles.